The minimum atomic E-state index is -1.75. The molecule has 0 fully saturated rings. The largest absolute Gasteiger partial charge is 0.507 e. The zero-order valence-electron chi connectivity index (χ0n) is 10.7. The molecule has 1 aromatic rings. The SMILES string of the molecule is CCC(=O)c1cc(C(O)C(O)C(=O)OC)ccc1O. The Balaban J connectivity index is 3.08. The molecule has 0 aliphatic carbocycles. The van der Waals surface area contributed by atoms with Crippen molar-refractivity contribution in [2.75, 3.05) is 7.11 Å². The Kier molecular flexibility index (Phi) is 5.02. The summed E-state index contributed by atoms with van der Waals surface area (Å²) in [5, 5.41) is 28.9. The summed E-state index contributed by atoms with van der Waals surface area (Å²) < 4.78 is 4.31. The van der Waals surface area contributed by atoms with Crippen molar-refractivity contribution in [3.63, 3.8) is 0 Å². The van der Waals surface area contributed by atoms with Crippen LogP contribution in [-0.2, 0) is 9.53 Å². The van der Waals surface area contributed by atoms with Crippen LogP contribution in [0, 0.1) is 0 Å². The van der Waals surface area contributed by atoms with Gasteiger partial charge in [-0.05, 0) is 17.7 Å². The number of hydrogen-bond donors (Lipinski definition) is 3. The highest BCUT2D eigenvalue weighted by Gasteiger charge is 2.27. The van der Waals surface area contributed by atoms with E-state index in [0.29, 0.717) is 0 Å². The number of aliphatic hydroxyl groups excluding tert-OH is 2. The highest BCUT2D eigenvalue weighted by Crippen LogP contribution is 2.25. The van der Waals surface area contributed by atoms with Crippen LogP contribution in [0.3, 0.4) is 0 Å². The number of esters is 1. The topological polar surface area (TPSA) is 104 Å². The molecule has 104 valence electrons. The number of aromatic hydroxyl groups is 1. The lowest BCUT2D eigenvalue weighted by molar-refractivity contribution is -0.156. The average molecular weight is 268 g/mol. The van der Waals surface area contributed by atoms with E-state index in [1.54, 1.807) is 6.92 Å². The Morgan fingerprint density at radius 2 is 1.95 bits per heavy atom. The Morgan fingerprint density at radius 1 is 1.32 bits per heavy atom. The molecule has 0 saturated heterocycles. The van der Waals surface area contributed by atoms with Crippen LogP contribution in [0.5, 0.6) is 5.75 Å². The average Bonchev–Trinajstić information content (AvgIpc) is 2.44. The summed E-state index contributed by atoms with van der Waals surface area (Å²) in [4.78, 5) is 22.7. The smallest absolute Gasteiger partial charge is 0.337 e. The minimum Gasteiger partial charge on any atom is -0.507 e. The molecule has 6 nitrogen and oxygen atoms in total. The number of ether oxygens (including phenoxy) is 1. The number of carbonyl (C=O) groups excluding carboxylic acids is 2. The lowest BCUT2D eigenvalue weighted by atomic mass is 9.99. The van der Waals surface area contributed by atoms with Crippen LogP contribution in [0.15, 0.2) is 18.2 Å². The van der Waals surface area contributed by atoms with Gasteiger partial charge in [0.15, 0.2) is 11.9 Å². The first-order chi connectivity index (χ1) is 8.92. The van der Waals surface area contributed by atoms with Crippen LogP contribution in [-0.4, -0.2) is 40.3 Å². The van der Waals surface area contributed by atoms with Crippen LogP contribution in [0.1, 0.15) is 35.4 Å². The van der Waals surface area contributed by atoms with Crippen molar-refractivity contribution >= 4 is 11.8 Å². The van der Waals surface area contributed by atoms with Gasteiger partial charge >= 0.3 is 5.97 Å². The van der Waals surface area contributed by atoms with Gasteiger partial charge in [-0.3, -0.25) is 4.79 Å². The van der Waals surface area contributed by atoms with Crippen molar-refractivity contribution in [3.05, 3.63) is 29.3 Å². The molecule has 1 aromatic carbocycles. The summed E-state index contributed by atoms with van der Waals surface area (Å²) in [6.07, 6.45) is -3.09. The standard InChI is InChI=1S/C13H16O6/c1-3-9(14)8-6-7(4-5-10(8)15)11(16)12(17)13(18)19-2/h4-6,11-12,15-17H,3H2,1-2H3. The number of ketones is 1. The number of phenolic OH excluding ortho intramolecular Hbond substituents is 1. The number of benzene rings is 1. The van der Waals surface area contributed by atoms with E-state index in [-0.39, 0.29) is 29.1 Å². The van der Waals surface area contributed by atoms with Crippen molar-refractivity contribution in [1.29, 1.82) is 0 Å². The molecule has 2 unspecified atom stereocenters. The van der Waals surface area contributed by atoms with Crippen LogP contribution in [0.2, 0.25) is 0 Å². The van der Waals surface area contributed by atoms with Crippen molar-refractivity contribution < 1.29 is 29.6 Å². The summed E-state index contributed by atoms with van der Waals surface area (Å²) >= 11 is 0. The van der Waals surface area contributed by atoms with E-state index in [0.717, 1.165) is 7.11 Å². The fraction of sp³-hybridized carbons (Fsp3) is 0.385. The van der Waals surface area contributed by atoms with E-state index in [1.165, 1.54) is 18.2 Å². The van der Waals surface area contributed by atoms with Gasteiger partial charge in [0.1, 0.15) is 11.9 Å². The number of phenols is 1. The van der Waals surface area contributed by atoms with Gasteiger partial charge in [0.05, 0.1) is 12.7 Å². The first kappa shape index (κ1) is 15.1. The molecule has 0 bridgehead atoms. The molecule has 0 aliphatic heterocycles. The van der Waals surface area contributed by atoms with Gasteiger partial charge in [-0.1, -0.05) is 13.0 Å². The molecule has 0 spiro atoms. The van der Waals surface area contributed by atoms with E-state index in [2.05, 4.69) is 4.74 Å². The molecule has 0 aromatic heterocycles. The van der Waals surface area contributed by atoms with Crippen molar-refractivity contribution in [2.24, 2.45) is 0 Å². The lowest BCUT2D eigenvalue weighted by Crippen LogP contribution is -2.29. The van der Waals surface area contributed by atoms with E-state index in [9.17, 15) is 24.9 Å². The number of rotatable bonds is 5. The summed E-state index contributed by atoms with van der Waals surface area (Å²) in [6, 6.07) is 3.79. The van der Waals surface area contributed by atoms with Gasteiger partial charge in [0.2, 0.25) is 0 Å². The fourth-order valence-corrected chi connectivity index (χ4v) is 1.58. The van der Waals surface area contributed by atoms with Gasteiger partial charge in [0, 0.05) is 6.42 Å². The molecule has 0 aliphatic rings. The molecule has 0 radical (unpaired) electrons. The summed E-state index contributed by atoms with van der Waals surface area (Å²) in [7, 11) is 1.08. The van der Waals surface area contributed by atoms with E-state index in [1.807, 2.05) is 0 Å². The molecular weight excluding hydrogens is 252 g/mol. The Labute approximate surface area is 110 Å². The summed E-state index contributed by atoms with van der Waals surface area (Å²) in [5.74, 6) is -1.50. The van der Waals surface area contributed by atoms with Crippen LogP contribution in [0.4, 0.5) is 0 Å². The Bertz CT molecular complexity index is 482. The minimum absolute atomic E-state index is 0.0381. The molecule has 0 heterocycles. The number of methoxy groups -OCH3 is 1. The third-order valence-corrected chi connectivity index (χ3v) is 2.73. The fourth-order valence-electron chi connectivity index (χ4n) is 1.58. The van der Waals surface area contributed by atoms with Gasteiger partial charge in [-0.25, -0.2) is 4.79 Å². The normalized spacial score (nSPS) is 13.7. The molecule has 0 saturated carbocycles. The predicted octanol–water partition coefficient (Wildman–Crippen LogP) is 0.552. The van der Waals surface area contributed by atoms with Gasteiger partial charge in [0.25, 0.3) is 0 Å². The third kappa shape index (κ3) is 3.30. The van der Waals surface area contributed by atoms with Crippen LogP contribution in [0.25, 0.3) is 0 Å². The van der Waals surface area contributed by atoms with Crippen LogP contribution < -0.4 is 0 Å². The Hall–Kier alpha value is -1.92. The molecular formula is C13H16O6. The maximum Gasteiger partial charge on any atom is 0.337 e. The van der Waals surface area contributed by atoms with Gasteiger partial charge in [-0.2, -0.15) is 0 Å². The molecule has 3 N–H and O–H groups in total. The quantitative estimate of drug-likeness (QED) is 0.532. The highest BCUT2D eigenvalue weighted by molar-refractivity contribution is 5.98. The first-order valence-electron chi connectivity index (χ1n) is 5.72. The zero-order chi connectivity index (χ0) is 14.6. The van der Waals surface area contributed by atoms with Crippen molar-refractivity contribution in [2.45, 2.75) is 25.6 Å². The zero-order valence-corrected chi connectivity index (χ0v) is 10.7. The van der Waals surface area contributed by atoms with E-state index in [4.69, 9.17) is 0 Å². The number of Topliss-reactive ketones (excluding diaryl/α,β-unsaturated/α-hetero) is 1. The summed E-state index contributed by atoms with van der Waals surface area (Å²) in [5.41, 5.74) is 0.184. The monoisotopic (exact) mass is 268 g/mol. The molecule has 2 atom stereocenters. The number of carbonyl (C=O) groups is 2. The van der Waals surface area contributed by atoms with E-state index < -0.39 is 18.2 Å². The number of hydrogen-bond acceptors (Lipinski definition) is 6. The van der Waals surface area contributed by atoms with E-state index >= 15 is 0 Å². The maximum absolute atomic E-state index is 11.6. The lowest BCUT2D eigenvalue weighted by Gasteiger charge is -2.17. The second-order valence-corrected chi connectivity index (χ2v) is 3.97. The predicted molar refractivity (Wildman–Crippen MR) is 65.7 cm³/mol. The maximum atomic E-state index is 11.6. The molecule has 0 amide bonds. The van der Waals surface area contributed by atoms with Crippen molar-refractivity contribution in [1.82, 2.24) is 0 Å². The highest BCUT2D eigenvalue weighted by atomic mass is 16.5. The molecule has 19 heavy (non-hydrogen) atoms. The first-order valence-corrected chi connectivity index (χ1v) is 5.72. The molecule has 1 rings (SSSR count). The summed E-state index contributed by atoms with van der Waals surface area (Å²) in [6.45, 7) is 1.63. The third-order valence-electron chi connectivity index (χ3n) is 2.73. The Morgan fingerprint density at radius 3 is 2.47 bits per heavy atom. The van der Waals surface area contributed by atoms with Gasteiger partial charge in [-0.15, -0.1) is 0 Å². The number of aliphatic hydroxyl groups is 2. The second-order valence-electron chi connectivity index (χ2n) is 3.97. The van der Waals surface area contributed by atoms with Crippen molar-refractivity contribution in [3.8, 4) is 5.75 Å². The molecule has 6 heteroatoms. The second kappa shape index (κ2) is 6.31. The van der Waals surface area contributed by atoms with Crippen LogP contribution >= 0.6 is 0 Å². The van der Waals surface area contributed by atoms with Gasteiger partial charge < -0.3 is 20.1 Å².